The van der Waals surface area contributed by atoms with Gasteiger partial charge in [0.1, 0.15) is 0 Å². The lowest BCUT2D eigenvalue weighted by molar-refractivity contribution is -0.137. The van der Waals surface area contributed by atoms with Crippen molar-refractivity contribution in [2.75, 3.05) is 0 Å². The van der Waals surface area contributed by atoms with Gasteiger partial charge in [-0.15, -0.1) is 10.2 Å². The van der Waals surface area contributed by atoms with Crippen LogP contribution in [0.5, 0.6) is 0 Å². The molecule has 5 rings (SSSR count). The number of benzene rings is 1. The van der Waals surface area contributed by atoms with Gasteiger partial charge in [-0.25, -0.2) is 0 Å². The zero-order chi connectivity index (χ0) is 23.2. The molecule has 2 aromatic heterocycles. The molecule has 3 aromatic rings. The van der Waals surface area contributed by atoms with Crippen LogP contribution in [0.3, 0.4) is 0 Å². The van der Waals surface area contributed by atoms with Gasteiger partial charge in [-0.1, -0.05) is 35.2 Å². The molecule has 3 heterocycles. The average molecular weight is 517 g/mol. The monoisotopic (exact) mass is 516 g/mol. The first-order chi connectivity index (χ1) is 15.9. The second-order valence-corrected chi connectivity index (χ2v) is 9.23. The first-order valence-corrected chi connectivity index (χ1v) is 11.4. The molecule has 0 radical (unpaired) electrons. The van der Waals surface area contributed by atoms with Crippen molar-refractivity contribution in [1.29, 1.82) is 0 Å². The van der Waals surface area contributed by atoms with Crippen molar-refractivity contribution in [2.45, 2.75) is 50.5 Å². The average Bonchev–Trinajstić information content (AvgIpc) is 3.32. The van der Waals surface area contributed by atoms with Crippen molar-refractivity contribution < 1.29 is 22.8 Å². The van der Waals surface area contributed by atoms with Crippen LogP contribution in [0, 0.1) is 0 Å². The van der Waals surface area contributed by atoms with Crippen LogP contribution in [0.2, 0.25) is 0 Å². The summed E-state index contributed by atoms with van der Waals surface area (Å²) in [6, 6.07) is 8.69. The summed E-state index contributed by atoms with van der Waals surface area (Å²) in [5.74, 6) is -1.37. The lowest BCUT2D eigenvalue weighted by atomic mass is 9.65. The van der Waals surface area contributed by atoms with Gasteiger partial charge in [0.2, 0.25) is 11.8 Å². The summed E-state index contributed by atoms with van der Waals surface area (Å²) in [7, 11) is 0. The fourth-order valence-electron chi connectivity index (χ4n) is 4.74. The topological polar surface area (TPSA) is 89.2 Å². The summed E-state index contributed by atoms with van der Waals surface area (Å²) in [6.45, 7) is 0.0152. The van der Waals surface area contributed by atoms with Gasteiger partial charge < -0.3 is 4.42 Å². The molecule has 0 N–H and O–H groups in total. The van der Waals surface area contributed by atoms with Crippen LogP contribution >= 0.6 is 15.9 Å². The van der Waals surface area contributed by atoms with Gasteiger partial charge in [-0.05, 0) is 48.7 Å². The largest absolute Gasteiger partial charge is 0.415 e. The highest BCUT2D eigenvalue weighted by atomic mass is 79.9. The summed E-state index contributed by atoms with van der Waals surface area (Å²) < 4.78 is 31.2. The van der Waals surface area contributed by atoms with Crippen LogP contribution in [0.1, 0.15) is 66.0 Å². The second-order valence-electron chi connectivity index (χ2n) is 8.31. The number of carbonyl (C=O) groups is 2. The number of nitrogens with zero attached hydrogens (tertiary/aromatic N) is 4. The smallest absolute Gasteiger partial charge is 0.314 e. The minimum Gasteiger partial charge on any atom is -0.415 e. The molecule has 170 valence electrons. The summed E-state index contributed by atoms with van der Waals surface area (Å²) >= 11 is 3.48. The lowest BCUT2D eigenvalue weighted by Gasteiger charge is -2.44. The number of carbonyl (C=O) groups excluding carboxylic acids is 2. The molecule has 0 saturated heterocycles. The minimum absolute atomic E-state index is 0.0152. The van der Waals surface area contributed by atoms with Crippen LogP contribution in [-0.2, 0) is 16.8 Å². The summed E-state index contributed by atoms with van der Waals surface area (Å²) in [4.78, 5) is 32.6. The van der Waals surface area contributed by atoms with E-state index in [1.807, 2.05) is 12.1 Å². The van der Waals surface area contributed by atoms with Crippen molar-refractivity contribution in [3.63, 3.8) is 0 Å². The van der Waals surface area contributed by atoms with Crippen molar-refractivity contribution in [1.82, 2.24) is 20.1 Å². The van der Waals surface area contributed by atoms with Crippen molar-refractivity contribution >= 4 is 27.7 Å². The molecule has 2 amide bonds. The van der Waals surface area contributed by atoms with Crippen molar-refractivity contribution in [2.24, 2.45) is 0 Å². The fourth-order valence-corrected chi connectivity index (χ4v) is 5.10. The number of hydrogen-bond acceptors (Lipinski definition) is 6. The Labute approximate surface area is 196 Å². The van der Waals surface area contributed by atoms with E-state index in [-0.39, 0.29) is 24.2 Å². The molecule has 0 bridgehead atoms. The maximum atomic E-state index is 13.7. The zero-order valence-electron chi connectivity index (χ0n) is 17.4. The van der Waals surface area contributed by atoms with E-state index in [4.69, 9.17) is 4.42 Å². The number of rotatable bonds is 4. The van der Waals surface area contributed by atoms with E-state index in [2.05, 4.69) is 31.1 Å². The van der Waals surface area contributed by atoms with Gasteiger partial charge >= 0.3 is 6.43 Å². The van der Waals surface area contributed by atoms with Crippen LogP contribution in [0.25, 0.3) is 11.5 Å². The third-order valence-corrected chi connectivity index (χ3v) is 6.85. The molecular weight excluding hydrogens is 498 g/mol. The molecule has 1 aromatic carbocycles. The highest BCUT2D eigenvalue weighted by Crippen LogP contribution is 2.46. The van der Waals surface area contributed by atoms with Gasteiger partial charge in [-0.3, -0.25) is 19.5 Å². The number of amides is 2. The third kappa shape index (κ3) is 3.76. The number of hydrogen-bond donors (Lipinski definition) is 0. The van der Waals surface area contributed by atoms with E-state index >= 15 is 0 Å². The molecule has 7 nitrogen and oxygen atoms in total. The van der Waals surface area contributed by atoms with E-state index in [0.29, 0.717) is 29.7 Å². The molecule has 1 aliphatic carbocycles. The number of halogens is 3. The van der Waals surface area contributed by atoms with Gasteiger partial charge in [0.15, 0.2) is 0 Å². The van der Waals surface area contributed by atoms with Gasteiger partial charge in [0.25, 0.3) is 11.8 Å². The maximum absolute atomic E-state index is 13.7. The molecule has 1 spiro atoms. The molecule has 0 unspecified atom stereocenters. The molecule has 0 atom stereocenters. The van der Waals surface area contributed by atoms with Crippen LogP contribution in [-0.4, -0.2) is 31.9 Å². The molecule has 1 fully saturated rings. The first-order valence-electron chi connectivity index (χ1n) is 10.6. The molecular formula is C23H19BrF2N4O3. The normalized spacial score (nSPS) is 17.6. The second kappa shape index (κ2) is 8.40. The number of pyridine rings is 1. The van der Waals surface area contributed by atoms with E-state index in [9.17, 15) is 18.4 Å². The number of alkyl halides is 2. The van der Waals surface area contributed by atoms with Gasteiger partial charge in [-0.2, -0.15) is 8.78 Å². The maximum Gasteiger partial charge on any atom is 0.314 e. The Balaban J connectivity index is 1.45. The lowest BCUT2D eigenvalue weighted by Crippen LogP contribution is -2.54. The first kappa shape index (κ1) is 21.8. The SMILES string of the molecule is O=C1c2ccc(Br)cc2C2(CCCCC2)C(=O)N1Cc1ccc(-c2nnc(C(F)F)o2)cn1. The van der Waals surface area contributed by atoms with Gasteiger partial charge in [0.05, 0.1) is 23.2 Å². The number of fused-ring (bicyclic) bond motifs is 2. The minimum atomic E-state index is -2.86. The van der Waals surface area contributed by atoms with Crippen LogP contribution in [0.4, 0.5) is 8.78 Å². The summed E-state index contributed by atoms with van der Waals surface area (Å²) in [6.07, 6.45) is 2.88. The quantitative estimate of drug-likeness (QED) is 0.442. The molecule has 1 aliphatic heterocycles. The molecule has 10 heteroatoms. The van der Waals surface area contributed by atoms with Gasteiger partial charge in [0, 0.05) is 16.2 Å². The number of imide groups is 1. The Kier molecular flexibility index (Phi) is 5.55. The predicted octanol–water partition coefficient (Wildman–Crippen LogP) is 5.22. The highest BCUT2D eigenvalue weighted by Gasteiger charge is 2.50. The molecule has 33 heavy (non-hydrogen) atoms. The van der Waals surface area contributed by atoms with E-state index in [1.165, 1.54) is 11.1 Å². The van der Waals surface area contributed by atoms with Crippen molar-refractivity contribution in [3.8, 4) is 11.5 Å². The highest BCUT2D eigenvalue weighted by molar-refractivity contribution is 9.10. The predicted molar refractivity (Wildman–Crippen MR) is 116 cm³/mol. The molecule has 2 aliphatic rings. The van der Waals surface area contributed by atoms with Crippen molar-refractivity contribution in [3.05, 3.63) is 63.7 Å². The van der Waals surface area contributed by atoms with Crippen LogP contribution < -0.4 is 0 Å². The standard InChI is InChI=1S/C23H19BrF2N4O3/c24-14-5-7-16-17(10-14)23(8-2-1-3-9-23)22(32)30(21(16)31)12-15-6-4-13(11-27-15)19-28-29-20(33-19)18(25)26/h4-7,10-11,18H,1-3,8-9,12H2. The Hall–Kier alpha value is -3.01. The number of aromatic nitrogens is 3. The third-order valence-electron chi connectivity index (χ3n) is 6.35. The Morgan fingerprint density at radius 3 is 2.55 bits per heavy atom. The van der Waals surface area contributed by atoms with E-state index in [0.717, 1.165) is 29.3 Å². The Bertz CT molecular complexity index is 1220. The van der Waals surface area contributed by atoms with E-state index < -0.39 is 17.7 Å². The molecule has 1 saturated carbocycles. The zero-order valence-corrected chi connectivity index (χ0v) is 19.0. The van der Waals surface area contributed by atoms with Crippen LogP contribution in [0.15, 0.2) is 45.4 Å². The van der Waals surface area contributed by atoms with E-state index in [1.54, 1.807) is 18.2 Å². The fraction of sp³-hybridized carbons (Fsp3) is 0.348. The Morgan fingerprint density at radius 2 is 1.88 bits per heavy atom. The summed E-state index contributed by atoms with van der Waals surface area (Å²) in [5.41, 5.74) is 1.49. The Morgan fingerprint density at radius 1 is 1.09 bits per heavy atom. The summed E-state index contributed by atoms with van der Waals surface area (Å²) in [5, 5.41) is 6.92.